The largest absolute Gasteiger partial charge is 0.304 e. The average Bonchev–Trinajstić information content (AvgIpc) is 3.36. The van der Waals surface area contributed by atoms with Gasteiger partial charge in [0.2, 0.25) is 0 Å². The standard InChI is InChI=1S/C22H20F2N6O/c1-13-4-2-3-5-15(13)12-29-9-8-19(28-29)26-22(31)17-11-20-25-16(14-6-7-14)10-18(21(23)24)30(20)27-17/h2-5,8-11,14,21H,6-7,12H2,1H3,(H,26,28,31). The van der Waals surface area contributed by atoms with Gasteiger partial charge in [-0.05, 0) is 37.0 Å². The van der Waals surface area contributed by atoms with Gasteiger partial charge < -0.3 is 5.32 Å². The Kier molecular flexibility index (Phi) is 4.72. The number of alkyl halides is 2. The summed E-state index contributed by atoms with van der Waals surface area (Å²) in [7, 11) is 0. The van der Waals surface area contributed by atoms with Crippen LogP contribution in [0.2, 0.25) is 0 Å². The minimum absolute atomic E-state index is 0.0100. The summed E-state index contributed by atoms with van der Waals surface area (Å²) in [5.41, 5.74) is 2.91. The summed E-state index contributed by atoms with van der Waals surface area (Å²) >= 11 is 0. The fraction of sp³-hybridized carbons (Fsp3) is 0.273. The molecule has 1 fully saturated rings. The zero-order valence-electron chi connectivity index (χ0n) is 16.8. The Morgan fingerprint density at radius 3 is 2.74 bits per heavy atom. The van der Waals surface area contributed by atoms with Gasteiger partial charge in [-0.2, -0.15) is 10.2 Å². The van der Waals surface area contributed by atoms with Crippen molar-refractivity contribution >= 4 is 17.4 Å². The minimum Gasteiger partial charge on any atom is -0.304 e. The first-order valence-electron chi connectivity index (χ1n) is 10.1. The van der Waals surface area contributed by atoms with E-state index in [9.17, 15) is 13.6 Å². The lowest BCUT2D eigenvalue weighted by Crippen LogP contribution is -2.14. The number of aryl methyl sites for hydroxylation is 1. The molecular formula is C22H20F2N6O. The molecule has 1 aliphatic rings. The number of benzene rings is 1. The highest BCUT2D eigenvalue weighted by Crippen LogP contribution is 2.40. The van der Waals surface area contributed by atoms with Gasteiger partial charge in [0.25, 0.3) is 12.3 Å². The van der Waals surface area contributed by atoms with Crippen molar-refractivity contribution in [2.45, 2.75) is 38.7 Å². The summed E-state index contributed by atoms with van der Waals surface area (Å²) < 4.78 is 29.8. The molecule has 158 valence electrons. The van der Waals surface area contributed by atoms with Crippen molar-refractivity contribution in [2.75, 3.05) is 5.32 Å². The highest BCUT2D eigenvalue weighted by Gasteiger charge is 2.28. The average molecular weight is 422 g/mol. The molecule has 1 amide bonds. The van der Waals surface area contributed by atoms with E-state index in [2.05, 4.69) is 20.5 Å². The lowest BCUT2D eigenvalue weighted by atomic mass is 10.1. The fourth-order valence-corrected chi connectivity index (χ4v) is 3.53. The van der Waals surface area contributed by atoms with Crippen LogP contribution in [0.4, 0.5) is 14.6 Å². The van der Waals surface area contributed by atoms with Crippen LogP contribution < -0.4 is 5.32 Å². The smallest absolute Gasteiger partial charge is 0.280 e. The summed E-state index contributed by atoms with van der Waals surface area (Å²) in [4.78, 5) is 17.1. The van der Waals surface area contributed by atoms with Gasteiger partial charge in [0.15, 0.2) is 17.2 Å². The van der Waals surface area contributed by atoms with E-state index in [-0.39, 0.29) is 23.0 Å². The van der Waals surface area contributed by atoms with Crippen LogP contribution in [0.15, 0.2) is 48.7 Å². The van der Waals surface area contributed by atoms with Crippen molar-refractivity contribution in [1.82, 2.24) is 24.4 Å². The second-order valence-electron chi connectivity index (χ2n) is 7.76. The predicted molar refractivity (Wildman–Crippen MR) is 110 cm³/mol. The van der Waals surface area contributed by atoms with Crippen molar-refractivity contribution in [3.63, 3.8) is 0 Å². The van der Waals surface area contributed by atoms with E-state index in [1.807, 2.05) is 31.2 Å². The molecule has 31 heavy (non-hydrogen) atoms. The van der Waals surface area contributed by atoms with E-state index in [0.29, 0.717) is 18.1 Å². The Morgan fingerprint density at radius 1 is 1.19 bits per heavy atom. The zero-order chi connectivity index (χ0) is 21.5. The van der Waals surface area contributed by atoms with E-state index >= 15 is 0 Å². The highest BCUT2D eigenvalue weighted by molar-refractivity contribution is 6.02. The molecule has 1 aliphatic carbocycles. The van der Waals surface area contributed by atoms with Crippen LogP contribution in [0.25, 0.3) is 5.65 Å². The van der Waals surface area contributed by atoms with Gasteiger partial charge in [0.05, 0.1) is 6.54 Å². The molecule has 4 aromatic rings. The second-order valence-corrected chi connectivity index (χ2v) is 7.76. The van der Waals surface area contributed by atoms with E-state index in [1.165, 1.54) is 12.1 Å². The minimum atomic E-state index is -2.71. The van der Waals surface area contributed by atoms with Crippen LogP contribution in [-0.4, -0.2) is 30.3 Å². The van der Waals surface area contributed by atoms with Gasteiger partial charge in [-0.1, -0.05) is 24.3 Å². The lowest BCUT2D eigenvalue weighted by Gasteiger charge is -2.06. The highest BCUT2D eigenvalue weighted by atomic mass is 19.3. The normalized spacial score (nSPS) is 13.8. The van der Waals surface area contributed by atoms with Crippen LogP contribution in [-0.2, 0) is 6.54 Å². The summed E-state index contributed by atoms with van der Waals surface area (Å²) in [6.45, 7) is 2.60. The van der Waals surface area contributed by atoms with Crippen molar-refractivity contribution in [2.24, 2.45) is 0 Å². The number of amides is 1. The first kappa shape index (κ1) is 19.3. The molecular weight excluding hydrogens is 402 g/mol. The molecule has 7 nitrogen and oxygen atoms in total. The number of hydrogen-bond acceptors (Lipinski definition) is 4. The number of carbonyl (C=O) groups is 1. The molecule has 1 N–H and O–H groups in total. The van der Waals surface area contributed by atoms with Gasteiger partial charge in [-0.3, -0.25) is 9.48 Å². The summed E-state index contributed by atoms with van der Waals surface area (Å²) in [6, 6.07) is 12.5. The van der Waals surface area contributed by atoms with Gasteiger partial charge in [-0.25, -0.2) is 18.3 Å². The Bertz CT molecular complexity index is 1270. The number of aromatic nitrogens is 5. The number of nitrogens with one attached hydrogen (secondary N) is 1. The third-order valence-electron chi connectivity index (χ3n) is 5.40. The number of halogens is 2. The number of hydrogen-bond donors (Lipinski definition) is 1. The Balaban J connectivity index is 1.36. The van der Waals surface area contributed by atoms with Gasteiger partial charge >= 0.3 is 0 Å². The van der Waals surface area contributed by atoms with Gasteiger partial charge in [0.1, 0.15) is 5.69 Å². The van der Waals surface area contributed by atoms with E-state index < -0.39 is 12.3 Å². The number of nitrogens with zero attached hydrogens (tertiary/aromatic N) is 5. The summed E-state index contributed by atoms with van der Waals surface area (Å²) in [5, 5.41) is 11.1. The second kappa shape index (κ2) is 7.57. The first-order chi connectivity index (χ1) is 15.0. The summed E-state index contributed by atoms with van der Waals surface area (Å²) in [6.07, 6.45) is 0.942. The molecule has 5 rings (SSSR count). The maximum atomic E-state index is 13.5. The number of anilines is 1. The molecule has 1 saturated carbocycles. The summed E-state index contributed by atoms with van der Waals surface area (Å²) in [5.74, 6) is 0.0445. The van der Waals surface area contributed by atoms with Crippen LogP contribution in [0.5, 0.6) is 0 Å². The molecule has 0 aliphatic heterocycles. The van der Waals surface area contributed by atoms with Crippen molar-refractivity contribution in [3.05, 3.63) is 76.9 Å². The molecule has 0 saturated heterocycles. The molecule has 0 spiro atoms. The molecule has 0 bridgehead atoms. The van der Waals surface area contributed by atoms with Gasteiger partial charge in [-0.15, -0.1) is 0 Å². The first-order valence-corrected chi connectivity index (χ1v) is 10.1. The van der Waals surface area contributed by atoms with Crippen LogP contribution in [0, 0.1) is 6.92 Å². The third kappa shape index (κ3) is 3.90. The van der Waals surface area contributed by atoms with Crippen molar-refractivity contribution in [1.29, 1.82) is 0 Å². The molecule has 0 unspecified atom stereocenters. The molecule has 0 radical (unpaired) electrons. The lowest BCUT2D eigenvalue weighted by molar-refractivity contribution is 0.102. The van der Waals surface area contributed by atoms with Crippen LogP contribution in [0.3, 0.4) is 0 Å². The maximum absolute atomic E-state index is 13.5. The Morgan fingerprint density at radius 2 is 2.00 bits per heavy atom. The fourth-order valence-electron chi connectivity index (χ4n) is 3.53. The quantitative estimate of drug-likeness (QED) is 0.501. The number of fused-ring (bicyclic) bond motifs is 1. The van der Waals surface area contributed by atoms with Gasteiger partial charge in [0, 0.05) is 29.9 Å². The number of rotatable bonds is 6. The molecule has 3 aromatic heterocycles. The van der Waals surface area contributed by atoms with Crippen molar-refractivity contribution in [3.8, 4) is 0 Å². The van der Waals surface area contributed by atoms with Crippen LogP contribution in [0.1, 0.15) is 58.2 Å². The molecule has 1 aromatic carbocycles. The Labute approximate surface area is 176 Å². The molecule has 3 heterocycles. The van der Waals surface area contributed by atoms with E-state index in [4.69, 9.17) is 0 Å². The monoisotopic (exact) mass is 422 g/mol. The van der Waals surface area contributed by atoms with Crippen LogP contribution >= 0.6 is 0 Å². The van der Waals surface area contributed by atoms with Crippen molar-refractivity contribution < 1.29 is 13.6 Å². The zero-order valence-corrected chi connectivity index (χ0v) is 16.8. The third-order valence-corrected chi connectivity index (χ3v) is 5.40. The maximum Gasteiger partial charge on any atom is 0.280 e. The van der Waals surface area contributed by atoms with E-state index in [1.54, 1.807) is 16.9 Å². The van der Waals surface area contributed by atoms with E-state index in [0.717, 1.165) is 28.5 Å². The Hall–Kier alpha value is -3.62. The molecule has 9 heteroatoms. The number of carbonyl (C=O) groups excluding carboxylic acids is 1. The predicted octanol–water partition coefficient (Wildman–Crippen LogP) is 4.35. The SMILES string of the molecule is Cc1ccccc1Cn1ccc(NC(=O)c2cc3nc(C4CC4)cc(C(F)F)n3n2)n1. The topological polar surface area (TPSA) is 77.1 Å². The molecule has 0 atom stereocenters.